The SMILES string of the molecule is CCC1(c2ccc(F)cc2)NC(=O)N(CC(=O)Nc2ccc(C)c(Br)c2)C1=O. The van der Waals surface area contributed by atoms with Crippen LogP contribution in [-0.2, 0) is 15.1 Å². The van der Waals surface area contributed by atoms with Crippen molar-refractivity contribution in [2.75, 3.05) is 11.9 Å². The summed E-state index contributed by atoms with van der Waals surface area (Å²) in [5, 5.41) is 5.34. The number of nitrogens with zero attached hydrogens (tertiary/aromatic N) is 1. The van der Waals surface area contributed by atoms with Crippen LogP contribution in [0.4, 0.5) is 14.9 Å². The number of imide groups is 1. The Labute approximate surface area is 170 Å². The lowest BCUT2D eigenvalue weighted by molar-refractivity contribution is -0.134. The summed E-state index contributed by atoms with van der Waals surface area (Å²) in [5.41, 5.74) is 0.729. The fourth-order valence-electron chi connectivity index (χ4n) is 3.16. The first kappa shape index (κ1) is 20.0. The monoisotopic (exact) mass is 447 g/mol. The van der Waals surface area contributed by atoms with Gasteiger partial charge in [-0.25, -0.2) is 9.18 Å². The third-order valence-corrected chi connectivity index (χ3v) is 5.65. The third kappa shape index (κ3) is 3.64. The number of benzene rings is 2. The molecular weight excluding hydrogens is 429 g/mol. The Morgan fingerprint density at radius 1 is 1.21 bits per heavy atom. The summed E-state index contributed by atoms with van der Waals surface area (Å²) in [6, 6.07) is 10.1. The van der Waals surface area contributed by atoms with E-state index in [0.29, 0.717) is 11.3 Å². The van der Waals surface area contributed by atoms with Crippen molar-refractivity contribution in [1.29, 1.82) is 0 Å². The maximum atomic E-state index is 13.2. The molecule has 1 aliphatic heterocycles. The van der Waals surface area contributed by atoms with E-state index in [2.05, 4.69) is 26.6 Å². The molecule has 1 heterocycles. The van der Waals surface area contributed by atoms with Crippen LogP contribution in [0.15, 0.2) is 46.9 Å². The lowest BCUT2D eigenvalue weighted by Crippen LogP contribution is -2.44. The van der Waals surface area contributed by atoms with Crippen LogP contribution in [0, 0.1) is 12.7 Å². The predicted octanol–water partition coefficient (Wildman–Crippen LogP) is 3.69. The molecule has 4 amide bonds. The van der Waals surface area contributed by atoms with Crippen LogP contribution in [0.5, 0.6) is 0 Å². The van der Waals surface area contributed by atoms with Crippen molar-refractivity contribution < 1.29 is 18.8 Å². The zero-order valence-electron chi connectivity index (χ0n) is 15.4. The third-order valence-electron chi connectivity index (χ3n) is 4.80. The van der Waals surface area contributed by atoms with Gasteiger partial charge in [-0.2, -0.15) is 0 Å². The van der Waals surface area contributed by atoms with Crippen LogP contribution in [0.1, 0.15) is 24.5 Å². The molecular formula is C20H19BrFN3O3. The number of halogens is 2. The molecule has 6 nitrogen and oxygen atoms in total. The smallest absolute Gasteiger partial charge is 0.324 e. The zero-order chi connectivity index (χ0) is 20.5. The minimum absolute atomic E-state index is 0.270. The van der Waals surface area contributed by atoms with Gasteiger partial charge in [-0.1, -0.05) is 41.1 Å². The topological polar surface area (TPSA) is 78.5 Å². The van der Waals surface area contributed by atoms with Crippen molar-refractivity contribution >= 4 is 39.5 Å². The molecule has 146 valence electrons. The van der Waals surface area contributed by atoms with Crippen LogP contribution in [0.2, 0.25) is 0 Å². The maximum Gasteiger partial charge on any atom is 0.325 e. The number of anilines is 1. The second kappa shape index (κ2) is 7.71. The Morgan fingerprint density at radius 2 is 1.89 bits per heavy atom. The van der Waals surface area contributed by atoms with Gasteiger partial charge in [0.2, 0.25) is 5.91 Å². The maximum absolute atomic E-state index is 13.2. The van der Waals surface area contributed by atoms with Crippen LogP contribution >= 0.6 is 15.9 Å². The van der Waals surface area contributed by atoms with Crippen molar-refractivity contribution in [3.05, 3.63) is 63.9 Å². The van der Waals surface area contributed by atoms with Gasteiger partial charge in [-0.3, -0.25) is 14.5 Å². The highest BCUT2D eigenvalue weighted by Gasteiger charge is 2.51. The van der Waals surface area contributed by atoms with Crippen molar-refractivity contribution in [1.82, 2.24) is 10.2 Å². The number of amides is 4. The summed E-state index contributed by atoms with van der Waals surface area (Å²) in [6.07, 6.45) is 0.270. The van der Waals surface area contributed by atoms with Gasteiger partial charge >= 0.3 is 6.03 Å². The molecule has 1 unspecified atom stereocenters. The summed E-state index contributed by atoms with van der Waals surface area (Å²) in [7, 11) is 0. The number of carbonyl (C=O) groups is 3. The first-order valence-electron chi connectivity index (χ1n) is 8.73. The number of urea groups is 1. The van der Waals surface area contributed by atoms with Gasteiger partial charge < -0.3 is 10.6 Å². The minimum Gasteiger partial charge on any atom is -0.324 e. The molecule has 28 heavy (non-hydrogen) atoms. The van der Waals surface area contributed by atoms with Gasteiger partial charge in [-0.05, 0) is 48.7 Å². The number of hydrogen-bond acceptors (Lipinski definition) is 3. The number of carbonyl (C=O) groups excluding carboxylic acids is 3. The second-order valence-electron chi connectivity index (χ2n) is 6.60. The summed E-state index contributed by atoms with van der Waals surface area (Å²) in [4.78, 5) is 38.7. The normalized spacial score (nSPS) is 18.9. The van der Waals surface area contributed by atoms with E-state index in [-0.39, 0.29) is 6.42 Å². The fraction of sp³-hybridized carbons (Fsp3) is 0.250. The fourth-order valence-corrected chi connectivity index (χ4v) is 3.54. The average molecular weight is 448 g/mol. The molecule has 1 saturated heterocycles. The number of rotatable bonds is 5. The van der Waals surface area contributed by atoms with Gasteiger partial charge in [0.05, 0.1) is 0 Å². The number of nitrogens with one attached hydrogen (secondary N) is 2. The highest BCUT2D eigenvalue weighted by atomic mass is 79.9. The van der Waals surface area contributed by atoms with Crippen LogP contribution < -0.4 is 10.6 Å². The first-order chi connectivity index (χ1) is 13.3. The number of hydrogen-bond donors (Lipinski definition) is 2. The molecule has 2 N–H and O–H groups in total. The summed E-state index contributed by atoms with van der Waals surface area (Å²) in [5.74, 6) is -1.47. The standard InChI is InChI=1S/C20H19BrFN3O3/c1-3-20(13-5-7-14(22)8-6-13)18(27)25(19(28)24-20)11-17(26)23-15-9-4-12(2)16(21)10-15/h4-10H,3,11H2,1-2H3,(H,23,26)(H,24,28). The van der Waals surface area contributed by atoms with Crippen LogP contribution in [0.25, 0.3) is 0 Å². The molecule has 0 bridgehead atoms. The van der Waals surface area contributed by atoms with Crippen LogP contribution in [-0.4, -0.2) is 29.3 Å². The summed E-state index contributed by atoms with van der Waals surface area (Å²) in [6.45, 7) is 3.25. The van der Waals surface area contributed by atoms with E-state index in [1.165, 1.54) is 24.3 Å². The van der Waals surface area contributed by atoms with Crippen molar-refractivity contribution in [2.24, 2.45) is 0 Å². The van der Waals surface area contributed by atoms with Crippen LogP contribution in [0.3, 0.4) is 0 Å². The Hall–Kier alpha value is -2.74. The summed E-state index contributed by atoms with van der Waals surface area (Å²) < 4.78 is 14.1. The van der Waals surface area contributed by atoms with E-state index in [9.17, 15) is 18.8 Å². The van der Waals surface area contributed by atoms with Crippen molar-refractivity contribution in [3.8, 4) is 0 Å². The van der Waals surface area contributed by atoms with Gasteiger partial charge in [0.1, 0.15) is 17.9 Å². The Balaban J connectivity index is 1.78. The Morgan fingerprint density at radius 3 is 2.50 bits per heavy atom. The Kier molecular flexibility index (Phi) is 5.51. The van der Waals surface area contributed by atoms with E-state index < -0.39 is 35.7 Å². The van der Waals surface area contributed by atoms with Gasteiger partial charge in [0, 0.05) is 10.2 Å². The minimum atomic E-state index is -1.31. The van der Waals surface area contributed by atoms with E-state index in [0.717, 1.165) is 14.9 Å². The molecule has 0 radical (unpaired) electrons. The van der Waals surface area contributed by atoms with E-state index >= 15 is 0 Å². The molecule has 1 atom stereocenters. The van der Waals surface area contributed by atoms with E-state index in [1.54, 1.807) is 19.1 Å². The second-order valence-corrected chi connectivity index (χ2v) is 7.45. The highest BCUT2D eigenvalue weighted by Crippen LogP contribution is 2.32. The molecule has 8 heteroatoms. The molecule has 0 spiro atoms. The number of aryl methyl sites for hydroxylation is 1. The molecule has 2 aromatic carbocycles. The average Bonchev–Trinajstić information content (AvgIpc) is 2.90. The quantitative estimate of drug-likeness (QED) is 0.685. The molecule has 0 aromatic heterocycles. The molecule has 1 aliphatic rings. The lowest BCUT2D eigenvalue weighted by Gasteiger charge is -2.25. The molecule has 1 fully saturated rings. The predicted molar refractivity (Wildman–Crippen MR) is 106 cm³/mol. The largest absolute Gasteiger partial charge is 0.325 e. The lowest BCUT2D eigenvalue weighted by atomic mass is 9.87. The summed E-state index contributed by atoms with van der Waals surface area (Å²) >= 11 is 3.39. The Bertz CT molecular complexity index is 948. The van der Waals surface area contributed by atoms with E-state index in [4.69, 9.17) is 0 Å². The molecule has 0 saturated carbocycles. The first-order valence-corrected chi connectivity index (χ1v) is 9.52. The van der Waals surface area contributed by atoms with Gasteiger partial charge in [-0.15, -0.1) is 0 Å². The van der Waals surface area contributed by atoms with Gasteiger partial charge in [0.25, 0.3) is 5.91 Å². The molecule has 2 aromatic rings. The van der Waals surface area contributed by atoms with E-state index in [1.807, 2.05) is 13.0 Å². The molecule has 3 rings (SSSR count). The van der Waals surface area contributed by atoms with Gasteiger partial charge in [0.15, 0.2) is 0 Å². The zero-order valence-corrected chi connectivity index (χ0v) is 17.0. The van der Waals surface area contributed by atoms with Crippen molar-refractivity contribution in [2.45, 2.75) is 25.8 Å². The molecule has 0 aliphatic carbocycles. The van der Waals surface area contributed by atoms with Crippen molar-refractivity contribution in [3.63, 3.8) is 0 Å². The highest BCUT2D eigenvalue weighted by molar-refractivity contribution is 9.10.